The van der Waals surface area contributed by atoms with Crippen molar-refractivity contribution in [3.63, 3.8) is 0 Å². The van der Waals surface area contributed by atoms with Crippen LogP contribution in [-0.4, -0.2) is 26.8 Å². The summed E-state index contributed by atoms with van der Waals surface area (Å²) in [6.07, 6.45) is 3.00. The molecule has 1 heterocycles. The molecule has 0 bridgehead atoms. The number of aromatic nitrogens is 2. The minimum Gasteiger partial charge on any atom is -0.386 e. The molecule has 0 spiro atoms. The Morgan fingerprint density at radius 3 is 2.68 bits per heavy atom. The van der Waals surface area contributed by atoms with Crippen LogP contribution in [0.1, 0.15) is 30.6 Å². The van der Waals surface area contributed by atoms with Gasteiger partial charge in [-0.25, -0.2) is 4.39 Å². The number of aliphatic hydroxyl groups is 1. The summed E-state index contributed by atoms with van der Waals surface area (Å²) in [7, 11) is 0. The summed E-state index contributed by atoms with van der Waals surface area (Å²) in [6, 6.07) is 5.13. The molecule has 0 fully saturated rings. The van der Waals surface area contributed by atoms with E-state index in [0.717, 1.165) is 5.56 Å². The third kappa shape index (κ3) is 4.39. The average Bonchev–Trinajstić information content (AvgIpc) is 2.91. The molecule has 1 aromatic carbocycles. The topological polar surface area (TPSA) is 67.2 Å². The first-order valence-electron chi connectivity index (χ1n) is 7.17. The van der Waals surface area contributed by atoms with Crippen LogP contribution in [0.3, 0.4) is 0 Å². The van der Waals surface area contributed by atoms with E-state index in [1.54, 1.807) is 17.8 Å². The molecule has 22 heavy (non-hydrogen) atoms. The van der Waals surface area contributed by atoms with Gasteiger partial charge in [0.1, 0.15) is 5.82 Å². The van der Waals surface area contributed by atoms with Crippen LogP contribution in [0.5, 0.6) is 0 Å². The van der Waals surface area contributed by atoms with Crippen molar-refractivity contribution >= 4 is 5.91 Å². The molecule has 1 amide bonds. The highest BCUT2D eigenvalue weighted by Gasteiger charge is 2.18. The largest absolute Gasteiger partial charge is 0.386 e. The van der Waals surface area contributed by atoms with Crippen LogP contribution < -0.4 is 5.32 Å². The van der Waals surface area contributed by atoms with E-state index in [9.17, 15) is 14.3 Å². The van der Waals surface area contributed by atoms with Gasteiger partial charge < -0.3 is 10.4 Å². The molecule has 5 nitrogen and oxygen atoms in total. The van der Waals surface area contributed by atoms with Crippen molar-refractivity contribution in [3.8, 4) is 0 Å². The van der Waals surface area contributed by atoms with E-state index in [0.29, 0.717) is 12.1 Å². The molecule has 0 radical (unpaired) electrons. The zero-order chi connectivity index (χ0) is 16.1. The van der Waals surface area contributed by atoms with E-state index in [-0.39, 0.29) is 18.1 Å². The summed E-state index contributed by atoms with van der Waals surface area (Å²) in [4.78, 5) is 11.9. The molecule has 2 unspecified atom stereocenters. The van der Waals surface area contributed by atoms with Crippen LogP contribution >= 0.6 is 0 Å². The number of benzene rings is 1. The molecule has 0 saturated carbocycles. The summed E-state index contributed by atoms with van der Waals surface area (Å²) >= 11 is 0. The van der Waals surface area contributed by atoms with Crippen LogP contribution in [0, 0.1) is 12.7 Å². The zero-order valence-corrected chi connectivity index (χ0v) is 12.7. The normalized spacial score (nSPS) is 13.6. The summed E-state index contributed by atoms with van der Waals surface area (Å²) in [5.74, 6) is -0.524. The highest BCUT2D eigenvalue weighted by atomic mass is 19.1. The molecular weight excluding hydrogens is 285 g/mol. The molecule has 2 atom stereocenters. The van der Waals surface area contributed by atoms with Crippen LogP contribution in [0.25, 0.3) is 0 Å². The first-order valence-corrected chi connectivity index (χ1v) is 7.17. The zero-order valence-electron chi connectivity index (χ0n) is 12.7. The highest BCUT2D eigenvalue weighted by Crippen LogP contribution is 2.17. The van der Waals surface area contributed by atoms with E-state index in [1.165, 1.54) is 24.3 Å². The predicted molar refractivity (Wildman–Crippen MR) is 80.5 cm³/mol. The van der Waals surface area contributed by atoms with E-state index in [4.69, 9.17) is 0 Å². The quantitative estimate of drug-likeness (QED) is 0.857. The lowest BCUT2D eigenvalue weighted by molar-refractivity contribution is -0.122. The summed E-state index contributed by atoms with van der Waals surface area (Å²) in [6.45, 7) is 4.13. The minimum absolute atomic E-state index is 0.165. The molecule has 2 rings (SSSR count). The van der Waals surface area contributed by atoms with Crippen molar-refractivity contribution in [2.24, 2.45) is 0 Å². The number of rotatable bonds is 6. The van der Waals surface area contributed by atoms with Crippen molar-refractivity contribution in [2.75, 3.05) is 0 Å². The molecule has 2 N–H and O–H groups in total. The van der Waals surface area contributed by atoms with Gasteiger partial charge in [-0.15, -0.1) is 0 Å². The van der Waals surface area contributed by atoms with Gasteiger partial charge in [-0.3, -0.25) is 9.48 Å². The van der Waals surface area contributed by atoms with Crippen LogP contribution in [0.15, 0.2) is 36.7 Å². The maximum atomic E-state index is 12.9. The minimum atomic E-state index is -0.878. The number of aryl methyl sites for hydroxylation is 2. The van der Waals surface area contributed by atoms with Crippen molar-refractivity contribution in [1.82, 2.24) is 15.1 Å². The van der Waals surface area contributed by atoms with Gasteiger partial charge in [0.2, 0.25) is 5.91 Å². The van der Waals surface area contributed by atoms with Gasteiger partial charge >= 0.3 is 0 Å². The van der Waals surface area contributed by atoms with Gasteiger partial charge in [0.15, 0.2) is 0 Å². The van der Waals surface area contributed by atoms with Crippen LogP contribution in [0.4, 0.5) is 4.39 Å². The second-order valence-electron chi connectivity index (χ2n) is 5.38. The first-order chi connectivity index (χ1) is 10.5. The molecule has 0 aliphatic rings. The molecule has 0 aliphatic carbocycles. The number of carbonyl (C=O) groups excluding carboxylic acids is 1. The fourth-order valence-corrected chi connectivity index (χ4v) is 2.16. The van der Waals surface area contributed by atoms with E-state index >= 15 is 0 Å². The van der Waals surface area contributed by atoms with Crippen molar-refractivity contribution in [1.29, 1.82) is 0 Å². The first kappa shape index (κ1) is 16.2. The maximum Gasteiger partial charge on any atom is 0.222 e. The van der Waals surface area contributed by atoms with Gasteiger partial charge in [-0.2, -0.15) is 5.10 Å². The smallest absolute Gasteiger partial charge is 0.222 e. The monoisotopic (exact) mass is 305 g/mol. The Labute approximate surface area is 128 Å². The number of aliphatic hydroxyl groups excluding tert-OH is 1. The average molecular weight is 305 g/mol. The molecular formula is C16H20FN3O2. The molecule has 2 aromatic rings. The van der Waals surface area contributed by atoms with E-state index < -0.39 is 12.1 Å². The standard InChI is InChI=1S/C16H20FN3O2/c1-11-9-18-20(10-11)8-7-15(21)19-12(2)16(22)13-3-5-14(17)6-4-13/h3-6,9-10,12,16,22H,7-8H2,1-2H3,(H,19,21). The number of amides is 1. The Hall–Kier alpha value is -2.21. The third-order valence-electron chi connectivity index (χ3n) is 3.40. The molecule has 118 valence electrons. The SMILES string of the molecule is Cc1cnn(CCC(=O)NC(C)C(O)c2ccc(F)cc2)c1. The maximum absolute atomic E-state index is 12.9. The lowest BCUT2D eigenvalue weighted by Crippen LogP contribution is -2.37. The Balaban J connectivity index is 1.83. The number of carbonyl (C=O) groups is 1. The van der Waals surface area contributed by atoms with Crippen LogP contribution in [-0.2, 0) is 11.3 Å². The second-order valence-corrected chi connectivity index (χ2v) is 5.38. The Morgan fingerprint density at radius 2 is 2.09 bits per heavy atom. The molecule has 6 heteroatoms. The Morgan fingerprint density at radius 1 is 1.41 bits per heavy atom. The lowest BCUT2D eigenvalue weighted by atomic mass is 10.0. The van der Waals surface area contributed by atoms with Crippen LogP contribution in [0.2, 0.25) is 0 Å². The van der Waals surface area contributed by atoms with Gasteiger partial charge in [-0.05, 0) is 37.1 Å². The molecule has 1 aromatic heterocycles. The summed E-state index contributed by atoms with van der Waals surface area (Å²) < 4.78 is 14.6. The van der Waals surface area contributed by atoms with E-state index in [2.05, 4.69) is 10.4 Å². The Bertz CT molecular complexity index is 625. The number of hydrogen-bond acceptors (Lipinski definition) is 3. The fraction of sp³-hybridized carbons (Fsp3) is 0.375. The number of nitrogens with zero attached hydrogens (tertiary/aromatic N) is 2. The molecule has 0 saturated heterocycles. The predicted octanol–water partition coefficient (Wildman–Crippen LogP) is 1.96. The number of hydrogen-bond donors (Lipinski definition) is 2. The van der Waals surface area contributed by atoms with Crippen molar-refractivity contribution in [3.05, 3.63) is 53.6 Å². The van der Waals surface area contributed by atoms with Gasteiger partial charge in [0.25, 0.3) is 0 Å². The highest BCUT2D eigenvalue weighted by molar-refractivity contribution is 5.76. The van der Waals surface area contributed by atoms with Gasteiger partial charge in [0, 0.05) is 19.2 Å². The lowest BCUT2D eigenvalue weighted by Gasteiger charge is -2.20. The Kier molecular flexibility index (Phi) is 5.27. The van der Waals surface area contributed by atoms with E-state index in [1.807, 2.05) is 13.1 Å². The van der Waals surface area contributed by atoms with Crippen molar-refractivity contribution < 1.29 is 14.3 Å². The summed E-state index contributed by atoms with van der Waals surface area (Å²) in [5, 5.41) is 17.0. The third-order valence-corrected chi connectivity index (χ3v) is 3.40. The summed E-state index contributed by atoms with van der Waals surface area (Å²) in [5.41, 5.74) is 1.61. The van der Waals surface area contributed by atoms with Crippen molar-refractivity contribution in [2.45, 2.75) is 39.0 Å². The number of halogens is 1. The number of nitrogens with one attached hydrogen (secondary N) is 1. The molecule has 0 aliphatic heterocycles. The fourth-order valence-electron chi connectivity index (χ4n) is 2.16. The second kappa shape index (κ2) is 7.17. The van der Waals surface area contributed by atoms with Gasteiger partial charge in [0.05, 0.1) is 18.3 Å². The van der Waals surface area contributed by atoms with Gasteiger partial charge in [-0.1, -0.05) is 12.1 Å².